The lowest BCUT2D eigenvalue weighted by Crippen LogP contribution is -2.46. The van der Waals surface area contributed by atoms with Crippen LogP contribution >= 0.6 is 43.5 Å². The molecule has 1 rings (SSSR count). The molecule has 0 radical (unpaired) electrons. The number of hydrogen-bond donors (Lipinski definition) is 0. The van der Waals surface area contributed by atoms with E-state index in [2.05, 4.69) is 31.9 Å². The number of nitrogens with zero attached hydrogens (tertiary/aromatic N) is 1. The van der Waals surface area contributed by atoms with Crippen molar-refractivity contribution in [3.05, 3.63) is 33.3 Å². The molecular formula is C12H14Br2ClNO. The van der Waals surface area contributed by atoms with Crippen LogP contribution in [0.25, 0.3) is 0 Å². The molecule has 0 fully saturated rings. The maximum absolute atomic E-state index is 12.2. The number of benzene rings is 1. The molecule has 0 atom stereocenters. The first-order valence-corrected chi connectivity index (χ1v) is 7.38. The summed E-state index contributed by atoms with van der Waals surface area (Å²) in [5, 5.41) is 1.26. The molecule has 1 aromatic carbocycles. The van der Waals surface area contributed by atoms with Crippen LogP contribution in [0.4, 0.5) is 0 Å². The van der Waals surface area contributed by atoms with E-state index in [-0.39, 0.29) is 11.4 Å². The highest BCUT2D eigenvalue weighted by Crippen LogP contribution is 2.25. The number of halogens is 3. The first-order chi connectivity index (χ1) is 7.79. The Morgan fingerprint density at radius 2 is 2.06 bits per heavy atom. The van der Waals surface area contributed by atoms with Crippen molar-refractivity contribution >= 4 is 49.4 Å². The third-order valence-corrected chi connectivity index (χ3v) is 5.31. The molecule has 0 saturated heterocycles. The van der Waals surface area contributed by atoms with Crippen molar-refractivity contribution in [2.45, 2.75) is 19.4 Å². The molecule has 17 heavy (non-hydrogen) atoms. The normalized spacial score (nSPS) is 11.4. The van der Waals surface area contributed by atoms with Gasteiger partial charge in [0, 0.05) is 28.0 Å². The summed E-state index contributed by atoms with van der Waals surface area (Å²) in [5.41, 5.74) is 0.353. The average Bonchev–Trinajstić information content (AvgIpc) is 2.30. The van der Waals surface area contributed by atoms with Crippen LogP contribution in [0.3, 0.4) is 0 Å². The van der Waals surface area contributed by atoms with Crippen molar-refractivity contribution in [2.24, 2.45) is 0 Å². The SMILES string of the molecule is CN(C(=O)c1ccc(Br)c(Cl)c1)C(C)(C)CBr. The van der Waals surface area contributed by atoms with Crippen molar-refractivity contribution in [3.8, 4) is 0 Å². The van der Waals surface area contributed by atoms with E-state index in [0.717, 1.165) is 4.47 Å². The van der Waals surface area contributed by atoms with Crippen LogP contribution in [0.15, 0.2) is 22.7 Å². The van der Waals surface area contributed by atoms with Crippen LogP contribution in [0, 0.1) is 0 Å². The van der Waals surface area contributed by atoms with Gasteiger partial charge < -0.3 is 4.90 Å². The fraction of sp³-hybridized carbons (Fsp3) is 0.417. The van der Waals surface area contributed by atoms with E-state index in [9.17, 15) is 4.79 Å². The molecule has 0 aliphatic carbocycles. The maximum atomic E-state index is 12.2. The van der Waals surface area contributed by atoms with Gasteiger partial charge in [0.25, 0.3) is 5.91 Å². The van der Waals surface area contributed by atoms with Gasteiger partial charge >= 0.3 is 0 Å². The predicted molar refractivity (Wildman–Crippen MR) is 79.1 cm³/mol. The van der Waals surface area contributed by atoms with Gasteiger partial charge in [0.1, 0.15) is 0 Å². The topological polar surface area (TPSA) is 20.3 Å². The molecule has 5 heteroatoms. The average molecular weight is 384 g/mol. The fourth-order valence-corrected chi connectivity index (χ4v) is 1.99. The first kappa shape index (κ1) is 15.0. The van der Waals surface area contributed by atoms with E-state index >= 15 is 0 Å². The van der Waals surface area contributed by atoms with Crippen molar-refractivity contribution in [2.75, 3.05) is 12.4 Å². The van der Waals surface area contributed by atoms with Crippen LogP contribution in [-0.4, -0.2) is 28.7 Å². The lowest BCUT2D eigenvalue weighted by molar-refractivity contribution is 0.0663. The maximum Gasteiger partial charge on any atom is 0.254 e. The predicted octanol–water partition coefficient (Wildman–Crippen LogP) is 4.35. The minimum Gasteiger partial charge on any atom is -0.336 e. The Hall–Kier alpha value is -0.0600. The molecule has 0 aliphatic heterocycles. The third-order valence-electron chi connectivity index (χ3n) is 2.71. The second kappa shape index (κ2) is 5.72. The third kappa shape index (κ3) is 3.46. The Bertz CT molecular complexity index is 435. The summed E-state index contributed by atoms with van der Waals surface area (Å²) in [7, 11) is 1.79. The van der Waals surface area contributed by atoms with Crippen molar-refractivity contribution in [1.29, 1.82) is 0 Å². The molecule has 0 N–H and O–H groups in total. The molecule has 0 aromatic heterocycles. The van der Waals surface area contributed by atoms with E-state index < -0.39 is 0 Å². The molecule has 2 nitrogen and oxygen atoms in total. The highest BCUT2D eigenvalue weighted by molar-refractivity contribution is 9.10. The van der Waals surface area contributed by atoms with Crippen molar-refractivity contribution in [3.63, 3.8) is 0 Å². The quantitative estimate of drug-likeness (QED) is 0.711. The second-order valence-electron chi connectivity index (χ2n) is 4.44. The monoisotopic (exact) mass is 381 g/mol. The van der Waals surface area contributed by atoms with Gasteiger partial charge in [-0.15, -0.1) is 0 Å². The van der Waals surface area contributed by atoms with E-state index in [0.29, 0.717) is 15.9 Å². The standard InChI is InChI=1S/C12H14Br2ClNO/c1-12(2,7-13)16(3)11(17)8-4-5-9(14)10(15)6-8/h4-6H,7H2,1-3H3. The van der Waals surface area contributed by atoms with Crippen LogP contribution < -0.4 is 0 Å². The highest BCUT2D eigenvalue weighted by Gasteiger charge is 2.27. The summed E-state index contributed by atoms with van der Waals surface area (Å²) >= 11 is 12.7. The Balaban J connectivity index is 3.01. The molecule has 0 heterocycles. The lowest BCUT2D eigenvalue weighted by Gasteiger charge is -2.34. The number of carbonyl (C=O) groups is 1. The molecule has 94 valence electrons. The summed E-state index contributed by atoms with van der Waals surface area (Å²) in [6, 6.07) is 5.22. The number of carbonyl (C=O) groups excluding carboxylic acids is 1. The largest absolute Gasteiger partial charge is 0.336 e. The molecule has 0 saturated carbocycles. The van der Waals surface area contributed by atoms with Gasteiger partial charge in [0.15, 0.2) is 0 Å². The summed E-state index contributed by atoms with van der Waals surface area (Å²) in [6.07, 6.45) is 0. The van der Waals surface area contributed by atoms with Crippen LogP contribution in [0.2, 0.25) is 5.02 Å². The number of hydrogen-bond acceptors (Lipinski definition) is 1. The van der Waals surface area contributed by atoms with Gasteiger partial charge in [-0.05, 0) is 48.0 Å². The molecule has 1 aromatic rings. The molecule has 0 aliphatic rings. The Kier molecular flexibility index (Phi) is 5.05. The number of amides is 1. The van der Waals surface area contributed by atoms with Gasteiger partial charge in [0.05, 0.1) is 5.02 Å². The van der Waals surface area contributed by atoms with Crippen molar-refractivity contribution in [1.82, 2.24) is 4.90 Å². The number of rotatable bonds is 3. The Morgan fingerprint density at radius 1 is 1.47 bits per heavy atom. The zero-order valence-electron chi connectivity index (χ0n) is 9.93. The minimum absolute atomic E-state index is 0.0381. The van der Waals surface area contributed by atoms with Gasteiger partial charge in [0.2, 0.25) is 0 Å². The van der Waals surface area contributed by atoms with E-state index in [1.807, 2.05) is 13.8 Å². The molecule has 0 spiro atoms. The van der Waals surface area contributed by atoms with E-state index in [1.165, 1.54) is 0 Å². The zero-order valence-corrected chi connectivity index (χ0v) is 13.9. The smallest absolute Gasteiger partial charge is 0.254 e. The summed E-state index contributed by atoms with van der Waals surface area (Å²) in [6.45, 7) is 4.00. The Labute approximate surface area is 124 Å². The minimum atomic E-state index is -0.239. The zero-order chi connectivity index (χ0) is 13.2. The van der Waals surface area contributed by atoms with Crippen LogP contribution in [0.5, 0.6) is 0 Å². The lowest BCUT2D eigenvalue weighted by atomic mass is 10.1. The highest BCUT2D eigenvalue weighted by atomic mass is 79.9. The molecule has 0 unspecified atom stereocenters. The van der Waals surface area contributed by atoms with Crippen molar-refractivity contribution < 1.29 is 4.79 Å². The van der Waals surface area contributed by atoms with Gasteiger partial charge in [-0.1, -0.05) is 27.5 Å². The fourth-order valence-electron chi connectivity index (χ4n) is 1.19. The molecule has 1 amide bonds. The number of alkyl halides is 1. The Morgan fingerprint density at radius 3 is 2.53 bits per heavy atom. The van der Waals surface area contributed by atoms with E-state index in [1.54, 1.807) is 30.1 Å². The molecule has 0 bridgehead atoms. The van der Waals surface area contributed by atoms with Gasteiger partial charge in [-0.25, -0.2) is 0 Å². The second-order valence-corrected chi connectivity index (χ2v) is 6.26. The summed E-state index contributed by atoms with van der Waals surface area (Å²) in [5.74, 6) is -0.0381. The first-order valence-electron chi connectivity index (χ1n) is 5.09. The van der Waals surface area contributed by atoms with E-state index in [4.69, 9.17) is 11.6 Å². The summed E-state index contributed by atoms with van der Waals surface area (Å²) in [4.78, 5) is 14.0. The summed E-state index contributed by atoms with van der Waals surface area (Å²) < 4.78 is 0.790. The van der Waals surface area contributed by atoms with Crippen LogP contribution in [0.1, 0.15) is 24.2 Å². The molecular weight excluding hydrogens is 369 g/mol. The van der Waals surface area contributed by atoms with Crippen LogP contribution in [-0.2, 0) is 0 Å². The van der Waals surface area contributed by atoms with Gasteiger partial charge in [-0.2, -0.15) is 0 Å². The van der Waals surface area contributed by atoms with Gasteiger partial charge in [-0.3, -0.25) is 4.79 Å².